The van der Waals surface area contributed by atoms with Gasteiger partial charge >= 0.3 is 0 Å². The van der Waals surface area contributed by atoms with E-state index in [0.717, 1.165) is 12.2 Å². The fourth-order valence-corrected chi connectivity index (χ4v) is 1.56. The first-order valence-corrected chi connectivity index (χ1v) is 5.04. The van der Waals surface area contributed by atoms with Crippen molar-refractivity contribution in [2.45, 2.75) is 6.10 Å². The predicted molar refractivity (Wildman–Crippen MR) is 60.6 cm³/mol. The maximum atomic E-state index is 5.04. The first-order chi connectivity index (χ1) is 7.42. The zero-order valence-electron chi connectivity index (χ0n) is 8.23. The van der Waals surface area contributed by atoms with Crippen LogP contribution in [0.5, 0.6) is 0 Å². The van der Waals surface area contributed by atoms with Crippen LogP contribution in [0.4, 0.5) is 0 Å². The van der Waals surface area contributed by atoms with Crippen LogP contribution in [0, 0.1) is 11.8 Å². The maximum absolute atomic E-state index is 5.04. The largest absolute Gasteiger partial charge is 0.359 e. The molecule has 0 radical (unpaired) electrons. The van der Waals surface area contributed by atoms with Crippen LogP contribution < -0.4 is 0 Å². The summed E-state index contributed by atoms with van der Waals surface area (Å²) in [7, 11) is 0. The van der Waals surface area contributed by atoms with Gasteiger partial charge in [0.1, 0.15) is 6.10 Å². The van der Waals surface area contributed by atoms with Crippen molar-refractivity contribution in [2.75, 3.05) is 6.61 Å². The van der Waals surface area contributed by atoms with E-state index in [1.807, 2.05) is 12.1 Å². The molecule has 0 N–H and O–H groups in total. The van der Waals surface area contributed by atoms with E-state index < -0.39 is 0 Å². The fourth-order valence-electron chi connectivity index (χ4n) is 1.56. The third kappa shape index (κ3) is 1.86. The van der Waals surface area contributed by atoms with Crippen molar-refractivity contribution in [1.82, 2.24) is 0 Å². The molecule has 1 heterocycles. The van der Waals surface area contributed by atoms with Crippen LogP contribution in [-0.4, -0.2) is 12.7 Å². The van der Waals surface area contributed by atoms with Crippen LogP contribution >= 0.6 is 0 Å². The number of benzene rings is 2. The predicted octanol–water partition coefficient (Wildman–Crippen LogP) is 2.59. The molecule has 0 bridgehead atoms. The van der Waals surface area contributed by atoms with Crippen LogP contribution in [0.15, 0.2) is 42.5 Å². The van der Waals surface area contributed by atoms with E-state index in [1.165, 1.54) is 10.8 Å². The molecule has 72 valence electrons. The van der Waals surface area contributed by atoms with Gasteiger partial charge in [-0.2, -0.15) is 0 Å². The molecule has 1 saturated heterocycles. The molecule has 1 heteroatoms. The number of fused-ring (bicyclic) bond motifs is 1. The monoisotopic (exact) mass is 194 g/mol. The lowest BCUT2D eigenvalue weighted by Gasteiger charge is -1.96. The van der Waals surface area contributed by atoms with Crippen molar-refractivity contribution < 1.29 is 4.74 Å². The van der Waals surface area contributed by atoms with Crippen LogP contribution in [0.2, 0.25) is 0 Å². The molecular formula is C14H10O. The first kappa shape index (κ1) is 8.52. The highest BCUT2D eigenvalue weighted by molar-refractivity contribution is 5.83. The van der Waals surface area contributed by atoms with E-state index in [2.05, 4.69) is 42.2 Å². The van der Waals surface area contributed by atoms with Crippen molar-refractivity contribution in [3.63, 3.8) is 0 Å². The average molecular weight is 194 g/mol. The summed E-state index contributed by atoms with van der Waals surface area (Å²) in [5.41, 5.74) is 1.06. The summed E-state index contributed by atoms with van der Waals surface area (Å²) in [5, 5.41) is 2.49. The van der Waals surface area contributed by atoms with Crippen molar-refractivity contribution in [3.8, 4) is 11.8 Å². The number of ether oxygens (including phenoxy) is 1. The number of hydrogen-bond acceptors (Lipinski definition) is 1. The highest BCUT2D eigenvalue weighted by Gasteiger charge is 2.18. The highest BCUT2D eigenvalue weighted by Crippen LogP contribution is 2.15. The third-order valence-electron chi connectivity index (χ3n) is 2.46. The smallest absolute Gasteiger partial charge is 0.142 e. The molecule has 2 aromatic carbocycles. The Balaban J connectivity index is 2.02. The zero-order valence-corrected chi connectivity index (χ0v) is 8.23. The van der Waals surface area contributed by atoms with E-state index >= 15 is 0 Å². The molecule has 1 aliphatic heterocycles. The molecule has 0 saturated carbocycles. The Hall–Kier alpha value is -1.78. The van der Waals surface area contributed by atoms with Gasteiger partial charge in [-0.25, -0.2) is 0 Å². The Bertz CT molecular complexity index is 556. The minimum Gasteiger partial charge on any atom is -0.359 e. The minimum absolute atomic E-state index is 0.177. The molecule has 1 nitrogen and oxygen atoms in total. The summed E-state index contributed by atoms with van der Waals surface area (Å²) < 4.78 is 5.04. The quantitative estimate of drug-likeness (QED) is 0.464. The number of epoxide rings is 1. The van der Waals surface area contributed by atoms with Gasteiger partial charge in [0, 0.05) is 5.56 Å². The van der Waals surface area contributed by atoms with Gasteiger partial charge in [-0.05, 0) is 22.9 Å². The molecule has 2 aromatic rings. The van der Waals surface area contributed by atoms with Crippen molar-refractivity contribution >= 4 is 10.8 Å². The molecule has 0 amide bonds. The molecule has 1 unspecified atom stereocenters. The lowest BCUT2D eigenvalue weighted by atomic mass is 10.1. The van der Waals surface area contributed by atoms with E-state index in [1.54, 1.807) is 0 Å². The van der Waals surface area contributed by atoms with E-state index in [-0.39, 0.29) is 6.10 Å². The van der Waals surface area contributed by atoms with Gasteiger partial charge in [-0.3, -0.25) is 0 Å². The Labute approximate surface area is 88.7 Å². The van der Waals surface area contributed by atoms with E-state index in [4.69, 9.17) is 4.74 Å². The van der Waals surface area contributed by atoms with Gasteiger partial charge in [0.2, 0.25) is 0 Å². The lowest BCUT2D eigenvalue weighted by Crippen LogP contribution is -1.79. The molecule has 0 aromatic heterocycles. The second-order valence-corrected chi connectivity index (χ2v) is 3.65. The summed E-state index contributed by atoms with van der Waals surface area (Å²) in [5.74, 6) is 6.19. The van der Waals surface area contributed by atoms with Gasteiger partial charge < -0.3 is 4.74 Å². The van der Waals surface area contributed by atoms with Gasteiger partial charge in [-0.15, -0.1) is 0 Å². The molecular weight excluding hydrogens is 184 g/mol. The molecule has 3 rings (SSSR count). The summed E-state index contributed by atoms with van der Waals surface area (Å²) in [6.45, 7) is 0.792. The van der Waals surface area contributed by atoms with E-state index in [9.17, 15) is 0 Å². The summed E-state index contributed by atoms with van der Waals surface area (Å²) in [6, 6.07) is 14.6. The second kappa shape index (κ2) is 3.42. The third-order valence-corrected chi connectivity index (χ3v) is 2.46. The van der Waals surface area contributed by atoms with Crippen molar-refractivity contribution in [3.05, 3.63) is 48.0 Å². The number of rotatable bonds is 0. The molecule has 0 aliphatic carbocycles. The molecule has 1 fully saturated rings. The van der Waals surface area contributed by atoms with Gasteiger partial charge in [0.25, 0.3) is 0 Å². The Morgan fingerprint density at radius 1 is 1.07 bits per heavy atom. The van der Waals surface area contributed by atoms with Crippen LogP contribution in [0.1, 0.15) is 5.56 Å². The molecule has 0 spiro atoms. The van der Waals surface area contributed by atoms with Gasteiger partial charge in [-0.1, -0.05) is 42.2 Å². The first-order valence-electron chi connectivity index (χ1n) is 5.04. The van der Waals surface area contributed by atoms with Crippen LogP contribution in [0.3, 0.4) is 0 Å². The maximum Gasteiger partial charge on any atom is 0.142 e. The lowest BCUT2D eigenvalue weighted by molar-refractivity contribution is 0.445. The minimum atomic E-state index is 0.177. The van der Waals surface area contributed by atoms with Crippen molar-refractivity contribution in [2.24, 2.45) is 0 Å². The van der Waals surface area contributed by atoms with E-state index in [0.29, 0.717) is 0 Å². The van der Waals surface area contributed by atoms with Crippen LogP contribution in [-0.2, 0) is 4.74 Å². The highest BCUT2D eigenvalue weighted by atomic mass is 16.6. The van der Waals surface area contributed by atoms with Gasteiger partial charge in [0.05, 0.1) is 6.61 Å². The Morgan fingerprint density at radius 3 is 2.67 bits per heavy atom. The van der Waals surface area contributed by atoms with Crippen molar-refractivity contribution in [1.29, 1.82) is 0 Å². The second-order valence-electron chi connectivity index (χ2n) is 3.65. The Kier molecular flexibility index (Phi) is 1.94. The zero-order chi connectivity index (χ0) is 10.1. The molecule has 15 heavy (non-hydrogen) atoms. The van der Waals surface area contributed by atoms with Gasteiger partial charge in [0.15, 0.2) is 0 Å². The Morgan fingerprint density at radius 2 is 1.87 bits per heavy atom. The fraction of sp³-hybridized carbons (Fsp3) is 0.143. The van der Waals surface area contributed by atoms with Crippen LogP contribution in [0.25, 0.3) is 10.8 Å². The molecule has 1 atom stereocenters. The summed E-state index contributed by atoms with van der Waals surface area (Å²) in [4.78, 5) is 0. The number of hydrogen-bond donors (Lipinski definition) is 0. The SMILES string of the molecule is C(#CC1CO1)c1ccc2ccccc2c1. The average Bonchev–Trinajstić information content (AvgIpc) is 3.10. The molecule has 1 aliphatic rings. The standard InChI is InChI=1S/C14H10O/c1-2-4-13-9-11(5-7-12(13)3-1)6-8-14-10-15-14/h1-5,7,9,14H,10H2. The normalized spacial score (nSPS) is 18.3. The topological polar surface area (TPSA) is 12.5 Å². The summed E-state index contributed by atoms with van der Waals surface area (Å²) >= 11 is 0. The summed E-state index contributed by atoms with van der Waals surface area (Å²) in [6.07, 6.45) is 0.177.